The summed E-state index contributed by atoms with van der Waals surface area (Å²) in [4.78, 5) is 0. The van der Waals surface area contributed by atoms with Crippen molar-refractivity contribution in [1.29, 1.82) is 5.26 Å². The summed E-state index contributed by atoms with van der Waals surface area (Å²) < 4.78 is 0. The van der Waals surface area contributed by atoms with Crippen LogP contribution < -0.4 is 0 Å². The molecule has 0 aliphatic heterocycles. The zero-order chi connectivity index (χ0) is 8.48. The number of nitriles is 1. The zero-order valence-electron chi connectivity index (χ0n) is 7.35. The van der Waals surface area contributed by atoms with E-state index in [0.29, 0.717) is 5.92 Å². The molecular formula is C10H15N. The molecule has 1 heteroatoms. The number of hydrogen-bond donors (Lipinski definition) is 0. The first-order chi connectivity index (χ1) is 5.19. The number of unbranched alkanes of at least 4 members (excludes halogenated alkanes) is 1. The quantitative estimate of drug-likeness (QED) is 0.566. The van der Waals surface area contributed by atoms with Crippen LogP contribution in [0.1, 0.15) is 33.1 Å². The van der Waals surface area contributed by atoms with Gasteiger partial charge in [0.15, 0.2) is 0 Å². The number of rotatable bonds is 3. The Morgan fingerprint density at radius 3 is 2.55 bits per heavy atom. The third-order valence-electron chi connectivity index (χ3n) is 2.88. The van der Waals surface area contributed by atoms with Gasteiger partial charge in [0.2, 0.25) is 0 Å². The molecule has 11 heavy (non-hydrogen) atoms. The molecule has 1 aliphatic rings. The third-order valence-corrected chi connectivity index (χ3v) is 2.88. The van der Waals surface area contributed by atoms with E-state index in [9.17, 15) is 0 Å². The summed E-state index contributed by atoms with van der Waals surface area (Å²) in [6.45, 7) is 8.15. The summed E-state index contributed by atoms with van der Waals surface area (Å²) in [6, 6.07) is 2.39. The first-order valence-corrected chi connectivity index (χ1v) is 4.29. The van der Waals surface area contributed by atoms with Crippen LogP contribution in [0.2, 0.25) is 0 Å². The van der Waals surface area contributed by atoms with Gasteiger partial charge < -0.3 is 0 Å². The highest BCUT2D eigenvalue weighted by Gasteiger charge is 2.55. The SMILES string of the molecule is C=C1[C@H](C)[C@]1(C#N)CCCC. The Balaban J connectivity index is 2.54. The van der Waals surface area contributed by atoms with E-state index in [4.69, 9.17) is 5.26 Å². The fraction of sp³-hybridized carbons (Fsp3) is 0.700. The van der Waals surface area contributed by atoms with Gasteiger partial charge in [-0.2, -0.15) is 5.26 Å². The van der Waals surface area contributed by atoms with Crippen molar-refractivity contribution in [1.82, 2.24) is 0 Å². The fourth-order valence-corrected chi connectivity index (χ4v) is 1.68. The molecule has 0 spiro atoms. The molecule has 2 atom stereocenters. The summed E-state index contributed by atoms with van der Waals surface area (Å²) >= 11 is 0. The second-order valence-electron chi connectivity index (χ2n) is 3.43. The first-order valence-electron chi connectivity index (χ1n) is 4.29. The van der Waals surface area contributed by atoms with Gasteiger partial charge >= 0.3 is 0 Å². The Morgan fingerprint density at radius 1 is 1.73 bits per heavy atom. The second kappa shape index (κ2) is 2.70. The van der Waals surface area contributed by atoms with E-state index in [1.807, 2.05) is 0 Å². The van der Waals surface area contributed by atoms with Crippen LogP contribution in [0.3, 0.4) is 0 Å². The molecule has 1 nitrogen and oxygen atoms in total. The normalized spacial score (nSPS) is 35.0. The van der Waals surface area contributed by atoms with Crippen molar-refractivity contribution in [2.24, 2.45) is 11.3 Å². The van der Waals surface area contributed by atoms with Gasteiger partial charge in [0.25, 0.3) is 0 Å². The monoisotopic (exact) mass is 149 g/mol. The van der Waals surface area contributed by atoms with Crippen LogP contribution in [-0.4, -0.2) is 0 Å². The molecule has 1 fully saturated rings. The van der Waals surface area contributed by atoms with Crippen molar-refractivity contribution >= 4 is 0 Å². The maximum absolute atomic E-state index is 8.91. The topological polar surface area (TPSA) is 23.8 Å². The minimum Gasteiger partial charge on any atom is -0.197 e. The maximum Gasteiger partial charge on any atom is 0.0846 e. The van der Waals surface area contributed by atoms with Crippen LogP contribution in [0.4, 0.5) is 0 Å². The Morgan fingerprint density at radius 2 is 2.27 bits per heavy atom. The molecular weight excluding hydrogens is 134 g/mol. The van der Waals surface area contributed by atoms with Crippen molar-refractivity contribution < 1.29 is 0 Å². The van der Waals surface area contributed by atoms with Gasteiger partial charge in [0, 0.05) is 5.92 Å². The highest BCUT2D eigenvalue weighted by atomic mass is 14.6. The van der Waals surface area contributed by atoms with Gasteiger partial charge in [-0.25, -0.2) is 0 Å². The van der Waals surface area contributed by atoms with Crippen molar-refractivity contribution in [2.45, 2.75) is 33.1 Å². The Kier molecular flexibility index (Phi) is 2.04. The molecule has 1 rings (SSSR count). The van der Waals surface area contributed by atoms with Gasteiger partial charge in [0.1, 0.15) is 0 Å². The van der Waals surface area contributed by atoms with Crippen LogP contribution in [0.5, 0.6) is 0 Å². The van der Waals surface area contributed by atoms with Gasteiger partial charge in [-0.05, 0) is 6.42 Å². The minimum absolute atomic E-state index is 0.129. The van der Waals surface area contributed by atoms with E-state index in [1.165, 1.54) is 6.42 Å². The summed E-state index contributed by atoms with van der Waals surface area (Å²) in [5.74, 6) is 0.444. The summed E-state index contributed by atoms with van der Waals surface area (Å²) in [5, 5.41) is 8.91. The smallest absolute Gasteiger partial charge is 0.0846 e. The molecule has 60 valence electrons. The van der Waals surface area contributed by atoms with E-state index < -0.39 is 0 Å². The molecule has 0 N–H and O–H groups in total. The Bertz CT molecular complexity index is 211. The molecule has 0 unspecified atom stereocenters. The molecule has 0 heterocycles. The molecule has 0 aromatic rings. The van der Waals surface area contributed by atoms with E-state index in [2.05, 4.69) is 26.5 Å². The third kappa shape index (κ3) is 1.07. The molecule has 0 amide bonds. The lowest BCUT2D eigenvalue weighted by molar-refractivity contribution is 0.527. The number of nitrogens with zero attached hydrogens (tertiary/aromatic N) is 1. The standard InChI is InChI=1S/C10H15N/c1-4-5-6-10(7-11)8(2)9(10)3/h9H,2,4-6H2,1,3H3/t9-,10-/m0/s1. The lowest BCUT2D eigenvalue weighted by Gasteiger charge is -2.02. The lowest BCUT2D eigenvalue weighted by Crippen LogP contribution is -1.98. The summed E-state index contributed by atoms with van der Waals surface area (Å²) in [6.07, 6.45) is 3.33. The molecule has 1 saturated carbocycles. The summed E-state index contributed by atoms with van der Waals surface area (Å²) in [5.41, 5.74) is 1.02. The van der Waals surface area contributed by atoms with E-state index in [0.717, 1.165) is 18.4 Å². The van der Waals surface area contributed by atoms with E-state index in [-0.39, 0.29) is 5.41 Å². The number of allylic oxidation sites excluding steroid dienone is 1. The minimum atomic E-state index is -0.129. The highest BCUT2D eigenvalue weighted by Crippen LogP contribution is 2.59. The first kappa shape index (κ1) is 8.33. The van der Waals surface area contributed by atoms with Crippen LogP contribution in [0, 0.1) is 22.7 Å². The van der Waals surface area contributed by atoms with Gasteiger partial charge in [-0.15, -0.1) is 0 Å². The molecule has 0 bridgehead atoms. The van der Waals surface area contributed by atoms with Crippen LogP contribution in [0.15, 0.2) is 12.2 Å². The lowest BCUT2D eigenvalue weighted by atomic mass is 9.98. The van der Waals surface area contributed by atoms with Gasteiger partial charge in [0.05, 0.1) is 11.5 Å². The molecule has 1 aliphatic carbocycles. The average Bonchev–Trinajstić information content (AvgIpc) is 2.54. The van der Waals surface area contributed by atoms with E-state index in [1.54, 1.807) is 0 Å². The van der Waals surface area contributed by atoms with Gasteiger partial charge in [-0.3, -0.25) is 0 Å². The highest BCUT2D eigenvalue weighted by molar-refractivity contribution is 5.42. The van der Waals surface area contributed by atoms with Crippen molar-refractivity contribution in [3.8, 4) is 6.07 Å². The maximum atomic E-state index is 8.91. The van der Waals surface area contributed by atoms with Crippen LogP contribution >= 0.6 is 0 Å². The predicted octanol–water partition coefficient (Wildman–Crippen LogP) is 2.89. The molecule has 0 radical (unpaired) electrons. The van der Waals surface area contributed by atoms with Crippen molar-refractivity contribution in [3.63, 3.8) is 0 Å². The van der Waals surface area contributed by atoms with Crippen molar-refractivity contribution in [3.05, 3.63) is 12.2 Å². The largest absolute Gasteiger partial charge is 0.197 e. The van der Waals surface area contributed by atoms with Crippen molar-refractivity contribution in [2.75, 3.05) is 0 Å². The summed E-state index contributed by atoms with van der Waals surface area (Å²) in [7, 11) is 0. The van der Waals surface area contributed by atoms with Crippen LogP contribution in [0.25, 0.3) is 0 Å². The second-order valence-corrected chi connectivity index (χ2v) is 3.43. The average molecular weight is 149 g/mol. The van der Waals surface area contributed by atoms with Gasteiger partial charge in [-0.1, -0.05) is 38.8 Å². The van der Waals surface area contributed by atoms with E-state index >= 15 is 0 Å². The molecule has 0 saturated heterocycles. The molecule has 0 aromatic heterocycles. The Labute approximate surface area is 68.7 Å². The fourth-order valence-electron chi connectivity index (χ4n) is 1.68. The van der Waals surface area contributed by atoms with Crippen LogP contribution in [-0.2, 0) is 0 Å². The Hall–Kier alpha value is -0.770. The molecule has 0 aromatic carbocycles. The predicted molar refractivity (Wildman–Crippen MR) is 45.9 cm³/mol. The zero-order valence-corrected chi connectivity index (χ0v) is 7.35. The number of hydrogen-bond acceptors (Lipinski definition) is 1.